The molecule has 14 heavy (non-hydrogen) atoms. The lowest BCUT2D eigenvalue weighted by Gasteiger charge is -2.24. The van der Waals surface area contributed by atoms with Crippen molar-refractivity contribution in [3.8, 4) is 0 Å². The third kappa shape index (κ3) is 3.58. The van der Waals surface area contributed by atoms with Gasteiger partial charge in [0, 0.05) is 19.2 Å². The molecule has 2 atom stereocenters. The smallest absolute Gasteiger partial charge is 0.0700 e. The summed E-state index contributed by atoms with van der Waals surface area (Å²) in [5, 5.41) is 3.60. The van der Waals surface area contributed by atoms with Gasteiger partial charge in [-0.05, 0) is 25.7 Å². The highest BCUT2D eigenvalue weighted by molar-refractivity contribution is 4.74. The molecule has 0 aromatic rings. The van der Waals surface area contributed by atoms with Crippen LogP contribution in [0, 0.1) is 5.92 Å². The van der Waals surface area contributed by atoms with Crippen molar-refractivity contribution in [2.75, 3.05) is 13.2 Å². The lowest BCUT2D eigenvalue weighted by atomic mass is 9.95. The molecule has 1 rings (SSSR count). The van der Waals surface area contributed by atoms with E-state index in [1.54, 1.807) is 0 Å². The highest BCUT2D eigenvalue weighted by Gasteiger charge is 2.18. The third-order valence-electron chi connectivity index (χ3n) is 3.45. The molecule has 0 amide bonds. The highest BCUT2D eigenvalue weighted by Crippen LogP contribution is 2.14. The second-order valence-corrected chi connectivity index (χ2v) is 4.41. The van der Waals surface area contributed by atoms with Gasteiger partial charge in [0.2, 0.25) is 0 Å². The van der Waals surface area contributed by atoms with Crippen LogP contribution in [0.15, 0.2) is 0 Å². The van der Waals surface area contributed by atoms with Gasteiger partial charge in [0.15, 0.2) is 0 Å². The van der Waals surface area contributed by atoms with Crippen LogP contribution in [0.2, 0.25) is 0 Å². The summed E-state index contributed by atoms with van der Waals surface area (Å²) in [7, 11) is 0. The van der Waals surface area contributed by atoms with Crippen molar-refractivity contribution in [1.29, 1.82) is 0 Å². The van der Waals surface area contributed by atoms with Crippen molar-refractivity contribution in [1.82, 2.24) is 5.32 Å². The van der Waals surface area contributed by atoms with Gasteiger partial charge < -0.3 is 10.1 Å². The zero-order valence-corrected chi connectivity index (χ0v) is 9.88. The van der Waals surface area contributed by atoms with Crippen LogP contribution >= 0.6 is 0 Å². The van der Waals surface area contributed by atoms with Crippen molar-refractivity contribution in [2.24, 2.45) is 5.92 Å². The van der Waals surface area contributed by atoms with Gasteiger partial charge in [-0.3, -0.25) is 0 Å². The van der Waals surface area contributed by atoms with E-state index < -0.39 is 0 Å². The minimum atomic E-state index is 0.479. The van der Waals surface area contributed by atoms with E-state index in [1.807, 2.05) is 0 Å². The van der Waals surface area contributed by atoms with E-state index in [9.17, 15) is 0 Å². The molecule has 2 heteroatoms. The number of ether oxygens (including phenoxy) is 1. The molecule has 0 aromatic heterocycles. The first kappa shape index (κ1) is 12.0. The van der Waals surface area contributed by atoms with Crippen LogP contribution in [-0.2, 0) is 4.74 Å². The summed E-state index contributed by atoms with van der Waals surface area (Å²) in [6.07, 6.45) is 5.51. The lowest BCUT2D eigenvalue weighted by molar-refractivity contribution is 0.105. The Labute approximate surface area is 88.4 Å². The molecule has 0 radical (unpaired) electrons. The van der Waals surface area contributed by atoms with Gasteiger partial charge in [0.05, 0.1) is 6.10 Å². The summed E-state index contributed by atoms with van der Waals surface area (Å²) in [4.78, 5) is 0. The van der Waals surface area contributed by atoms with Crippen molar-refractivity contribution in [3.05, 3.63) is 0 Å². The molecule has 84 valence electrons. The maximum atomic E-state index is 5.59. The maximum Gasteiger partial charge on any atom is 0.0700 e. The predicted octanol–water partition coefficient (Wildman–Crippen LogP) is 2.58. The Morgan fingerprint density at radius 2 is 2.07 bits per heavy atom. The zero-order chi connectivity index (χ0) is 10.4. The van der Waals surface area contributed by atoms with Gasteiger partial charge in [-0.15, -0.1) is 0 Å². The Morgan fingerprint density at radius 1 is 1.36 bits per heavy atom. The minimum absolute atomic E-state index is 0.479. The molecule has 0 aliphatic carbocycles. The van der Waals surface area contributed by atoms with Crippen molar-refractivity contribution >= 4 is 0 Å². The molecular weight excluding hydrogens is 174 g/mol. The Kier molecular flexibility index (Phi) is 5.49. The minimum Gasteiger partial charge on any atom is -0.377 e. The summed E-state index contributed by atoms with van der Waals surface area (Å²) in [5.74, 6) is 0.816. The molecule has 0 bridgehead atoms. The van der Waals surface area contributed by atoms with Gasteiger partial charge in [-0.1, -0.05) is 26.7 Å². The highest BCUT2D eigenvalue weighted by atomic mass is 16.5. The second-order valence-electron chi connectivity index (χ2n) is 4.41. The van der Waals surface area contributed by atoms with E-state index >= 15 is 0 Å². The van der Waals surface area contributed by atoms with Gasteiger partial charge in [-0.2, -0.15) is 0 Å². The van der Waals surface area contributed by atoms with E-state index in [1.165, 1.54) is 25.7 Å². The van der Waals surface area contributed by atoms with E-state index in [-0.39, 0.29) is 0 Å². The standard InChI is InChI=1S/C12H25NO/c1-4-11(5-2)10(3)13-9-12-7-6-8-14-12/h10-13H,4-9H2,1-3H3. The van der Waals surface area contributed by atoms with Crippen LogP contribution in [0.3, 0.4) is 0 Å². The van der Waals surface area contributed by atoms with Crippen LogP contribution in [-0.4, -0.2) is 25.3 Å². The van der Waals surface area contributed by atoms with E-state index in [2.05, 4.69) is 26.1 Å². The number of nitrogens with one attached hydrogen (secondary N) is 1. The van der Waals surface area contributed by atoms with Crippen LogP contribution in [0.25, 0.3) is 0 Å². The van der Waals surface area contributed by atoms with Crippen LogP contribution in [0.1, 0.15) is 46.5 Å². The molecule has 0 aromatic carbocycles. The third-order valence-corrected chi connectivity index (χ3v) is 3.45. The summed E-state index contributed by atoms with van der Waals surface area (Å²) in [5.41, 5.74) is 0. The molecule has 2 unspecified atom stereocenters. The van der Waals surface area contributed by atoms with E-state index in [0.29, 0.717) is 12.1 Å². The molecule has 1 fully saturated rings. The Balaban J connectivity index is 2.15. The lowest BCUT2D eigenvalue weighted by Crippen LogP contribution is -2.38. The SMILES string of the molecule is CCC(CC)C(C)NCC1CCCO1. The van der Waals surface area contributed by atoms with E-state index in [4.69, 9.17) is 4.74 Å². The average Bonchev–Trinajstić information content (AvgIpc) is 2.69. The quantitative estimate of drug-likeness (QED) is 0.710. The molecule has 0 spiro atoms. The maximum absolute atomic E-state index is 5.59. The Morgan fingerprint density at radius 3 is 2.57 bits per heavy atom. The number of hydrogen-bond donors (Lipinski definition) is 1. The second kappa shape index (κ2) is 6.41. The molecule has 1 saturated heterocycles. The molecule has 1 N–H and O–H groups in total. The topological polar surface area (TPSA) is 21.3 Å². The summed E-state index contributed by atoms with van der Waals surface area (Å²) in [6.45, 7) is 8.85. The summed E-state index contributed by atoms with van der Waals surface area (Å²) >= 11 is 0. The molecular formula is C12H25NO. The van der Waals surface area contributed by atoms with Gasteiger partial charge in [-0.25, -0.2) is 0 Å². The molecule has 0 saturated carbocycles. The first-order valence-corrected chi connectivity index (χ1v) is 6.12. The van der Waals surface area contributed by atoms with Crippen LogP contribution in [0.4, 0.5) is 0 Å². The molecule has 1 aliphatic rings. The van der Waals surface area contributed by atoms with Gasteiger partial charge >= 0.3 is 0 Å². The van der Waals surface area contributed by atoms with E-state index in [0.717, 1.165) is 19.1 Å². The Hall–Kier alpha value is -0.0800. The van der Waals surface area contributed by atoms with Crippen molar-refractivity contribution in [2.45, 2.75) is 58.6 Å². The van der Waals surface area contributed by atoms with Gasteiger partial charge in [0.25, 0.3) is 0 Å². The largest absolute Gasteiger partial charge is 0.377 e. The van der Waals surface area contributed by atoms with Gasteiger partial charge in [0.1, 0.15) is 0 Å². The summed E-state index contributed by atoms with van der Waals surface area (Å²) < 4.78 is 5.59. The predicted molar refractivity (Wildman–Crippen MR) is 60.5 cm³/mol. The number of rotatable bonds is 6. The molecule has 2 nitrogen and oxygen atoms in total. The zero-order valence-electron chi connectivity index (χ0n) is 9.88. The average molecular weight is 199 g/mol. The molecule has 1 aliphatic heterocycles. The van der Waals surface area contributed by atoms with Crippen molar-refractivity contribution in [3.63, 3.8) is 0 Å². The Bertz CT molecular complexity index is 139. The van der Waals surface area contributed by atoms with Crippen LogP contribution in [0.5, 0.6) is 0 Å². The molecule has 1 heterocycles. The normalized spacial score (nSPS) is 24.4. The van der Waals surface area contributed by atoms with Crippen LogP contribution < -0.4 is 5.32 Å². The fraction of sp³-hybridized carbons (Fsp3) is 1.00. The fourth-order valence-corrected chi connectivity index (χ4v) is 2.29. The first-order valence-electron chi connectivity index (χ1n) is 6.12. The van der Waals surface area contributed by atoms with Crippen molar-refractivity contribution < 1.29 is 4.74 Å². The monoisotopic (exact) mass is 199 g/mol. The fourth-order valence-electron chi connectivity index (χ4n) is 2.29. The summed E-state index contributed by atoms with van der Waals surface area (Å²) in [6, 6.07) is 0.634. The number of hydrogen-bond acceptors (Lipinski definition) is 2. The first-order chi connectivity index (χ1) is 6.77.